The highest BCUT2D eigenvalue weighted by Gasteiger charge is 2.34. The van der Waals surface area contributed by atoms with E-state index in [2.05, 4.69) is 23.1 Å². The van der Waals surface area contributed by atoms with Crippen LogP contribution in [0.4, 0.5) is 0 Å². The van der Waals surface area contributed by atoms with Gasteiger partial charge >= 0.3 is 5.97 Å². The molecule has 2 aliphatic heterocycles. The van der Waals surface area contributed by atoms with Gasteiger partial charge in [0.25, 0.3) is 0 Å². The maximum absolute atomic E-state index is 12.7. The highest BCUT2D eigenvalue weighted by molar-refractivity contribution is 7.22. The van der Waals surface area contributed by atoms with Crippen LogP contribution in [0.1, 0.15) is 62.5 Å². The fourth-order valence-electron chi connectivity index (χ4n) is 6.86. The van der Waals surface area contributed by atoms with E-state index in [1.54, 1.807) is 11.3 Å². The number of aliphatic carboxylic acids is 1. The van der Waals surface area contributed by atoms with Gasteiger partial charge < -0.3 is 14.6 Å². The van der Waals surface area contributed by atoms with Crippen molar-refractivity contribution in [1.82, 2.24) is 19.7 Å². The molecule has 3 aromatic carbocycles. The third kappa shape index (κ3) is 5.84. The van der Waals surface area contributed by atoms with E-state index in [1.807, 2.05) is 69.8 Å². The number of carbonyl (C=O) groups is 1. The standard InChI is InChI=1S/C36H39ClN4O4S/c1-20-16-27-33(30(21-6-9-24(37)10-7-21)29(20)32(35(42)43)45-36(2,3)4)46-34(38-27)23-8-11-28-26(17-23)31(39-40(28)5)22-12-14-41(15-13-22)25-18-44-19-25/h6-11,16-17,22,25,32H,12-15,18-19H2,1-5H3,(H,42,43). The van der Waals surface area contributed by atoms with Gasteiger partial charge in [0.15, 0.2) is 6.10 Å². The number of nitrogens with zero attached hydrogens (tertiary/aromatic N) is 4. The van der Waals surface area contributed by atoms with Crippen molar-refractivity contribution < 1.29 is 19.4 Å². The molecule has 0 amide bonds. The fourth-order valence-corrected chi connectivity index (χ4v) is 8.11. The zero-order chi connectivity index (χ0) is 32.3. The number of thiazole rings is 1. The number of aromatic nitrogens is 3. The van der Waals surface area contributed by atoms with E-state index in [4.69, 9.17) is 31.2 Å². The first-order chi connectivity index (χ1) is 22.0. The number of fused-ring (bicyclic) bond motifs is 2. The van der Waals surface area contributed by atoms with E-state index in [9.17, 15) is 9.90 Å². The average molecular weight is 659 g/mol. The van der Waals surface area contributed by atoms with Gasteiger partial charge in [-0.15, -0.1) is 11.3 Å². The van der Waals surface area contributed by atoms with Crippen molar-refractivity contribution >= 4 is 50.0 Å². The lowest BCUT2D eigenvalue weighted by Crippen LogP contribution is -2.51. The summed E-state index contributed by atoms with van der Waals surface area (Å²) in [5.41, 5.74) is 6.59. The Morgan fingerprint density at radius 3 is 2.41 bits per heavy atom. The fraction of sp³-hybridized carbons (Fsp3) is 0.417. The molecule has 46 heavy (non-hydrogen) atoms. The molecule has 0 aliphatic carbocycles. The van der Waals surface area contributed by atoms with Crippen molar-refractivity contribution in [2.24, 2.45) is 7.05 Å². The molecule has 0 saturated carbocycles. The second-order valence-electron chi connectivity index (χ2n) is 13.5. The number of rotatable bonds is 7. The van der Waals surface area contributed by atoms with Crippen molar-refractivity contribution in [3.8, 4) is 21.7 Å². The molecule has 8 nitrogen and oxygen atoms in total. The minimum Gasteiger partial charge on any atom is -0.479 e. The largest absolute Gasteiger partial charge is 0.479 e. The Morgan fingerprint density at radius 1 is 1.09 bits per heavy atom. The molecule has 2 saturated heterocycles. The van der Waals surface area contributed by atoms with Crippen LogP contribution in [0.3, 0.4) is 0 Å². The molecular weight excluding hydrogens is 620 g/mol. The summed E-state index contributed by atoms with van der Waals surface area (Å²) >= 11 is 7.86. The lowest BCUT2D eigenvalue weighted by molar-refractivity contribution is -0.160. The maximum Gasteiger partial charge on any atom is 0.337 e. The number of piperidine rings is 1. The molecule has 10 heteroatoms. The molecule has 2 aliphatic rings. The highest BCUT2D eigenvalue weighted by Crippen LogP contribution is 2.45. The Hall–Kier alpha value is -3.34. The van der Waals surface area contributed by atoms with Crippen molar-refractivity contribution in [3.63, 3.8) is 0 Å². The monoisotopic (exact) mass is 658 g/mol. The summed E-state index contributed by atoms with van der Waals surface area (Å²) in [6.45, 7) is 11.4. The molecule has 240 valence electrons. The third-order valence-corrected chi connectivity index (χ3v) is 10.6. The number of hydrogen-bond donors (Lipinski definition) is 1. The first kappa shape index (κ1) is 31.3. The molecule has 2 aromatic heterocycles. The predicted octanol–water partition coefficient (Wildman–Crippen LogP) is 8.00. The number of likely N-dealkylation sites (tertiary alicyclic amines) is 1. The number of halogens is 1. The third-order valence-electron chi connectivity index (χ3n) is 9.20. The lowest BCUT2D eigenvalue weighted by Gasteiger charge is -2.41. The molecule has 0 bridgehead atoms. The Morgan fingerprint density at radius 2 is 1.78 bits per heavy atom. The van der Waals surface area contributed by atoms with Gasteiger partial charge in [-0.1, -0.05) is 23.7 Å². The summed E-state index contributed by atoms with van der Waals surface area (Å²) in [6.07, 6.45) is 1.02. The molecule has 1 N–H and O–H groups in total. The van der Waals surface area contributed by atoms with Crippen LogP contribution >= 0.6 is 22.9 Å². The maximum atomic E-state index is 12.7. The van der Waals surface area contributed by atoms with Crippen LogP contribution in [0, 0.1) is 6.92 Å². The molecular formula is C36H39ClN4O4S. The molecule has 0 radical (unpaired) electrons. The van der Waals surface area contributed by atoms with E-state index in [0.29, 0.717) is 22.5 Å². The van der Waals surface area contributed by atoms with Gasteiger partial charge in [0, 0.05) is 40.1 Å². The Bertz CT molecular complexity index is 1930. The topological polar surface area (TPSA) is 89.7 Å². The number of hydrogen-bond acceptors (Lipinski definition) is 7. The Kier molecular flexibility index (Phi) is 8.18. The lowest BCUT2D eigenvalue weighted by atomic mass is 9.90. The summed E-state index contributed by atoms with van der Waals surface area (Å²) < 4.78 is 14.5. The van der Waals surface area contributed by atoms with Gasteiger partial charge in [-0.05, 0) is 101 Å². The van der Waals surface area contributed by atoms with Gasteiger partial charge in [0.2, 0.25) is 0 Å². The molecule has 0 spiro atoms. The second-order valence-corrected chi connectivity index (χ2v) is 15.0. The van der Waals surface area contributed by atoms with Crippen LogP contribution in [-0.4, -0.2) is 68.7 Å². The van der Waals surface area contributed by atoms with Crippen molar-refractivity contribution in [2.75, 3.05) is 26.3 Å². The quantitative estimate of drug-likeness (QED) is 0.190. The molecule has 5 aromatic rings. The second kappa shape index (κ2) is 12.0. The highest BCUT2D eigenvalue weighted by atomic mass is 35.5. The van der Waals surface area contributed by atoms with Gasteiger partial charge in [0.05, 0.1) is 46.3 Å². The predicted molar refractivity (Wildman–Crippen MR) is 184 cm³/mol. The van der Waals surface area contributed by atoms with E-state index in [1.165, 1.54) is 5.39 Å². The summed E-state index contributed by atoms with van der Waals surface area (Å²) in [7, 11) is 2.02. The molecule has 1 unspecified atom stereocenters. The van der Waals surface area contributed by atoms with E-state index >= 15 is 0 Å². The van der Waals surface area contributed by atoms with Crippen LogP contribution in [0.5, 0.6) is 0 Å². The minimum atomic E-state index is -1.15. The summed E-state index contributed by atoms with van der Waals surface area (Å²) in [5, 5.41) is 18.1. The van der Waals surface area contributed by atoms with Gasteiger partial charge in [-0.2, -0.15) is 5.10 Å². The van der Waals surface area contributed by atoms with E-state index in [0.717, 1.165) is 87.8 Å². The van der Waals surface area contributed by atoms with Crippen LogP contribution in [0.25, 0.3) is 42.8 Å². The normalized spacial score (nSPS) is 17.5. The first-order valence-corrected chi connectivity index (χ1v) is 17.1. The van der Waals surface area contributed by atoms with E-state index in [-0.39, 0.29) is 0 Å². The number of carboxylic acid groups (broad SMARTS) is 1. The summed E-state index contributed by atoms with van der Waals surface area (Å²) in [4.78, 5) is 20.4. The summed E-state index contributed by atoms with van der Waals surface area (Å²) in [6, 6.07) is 16.6. The SMILES string of the molecule is Cc1cc2nc(-c3ccc4c(c3)c(C3CCN(C5COC5)CC3)nn4C)sc2c(-c2ccc(Cl)cc2)c1C(OC(C)(C)C)C(=O)O. The molecule has 4 heterocycles. The van der Waals surface area contributed by atoms with Crippen LogP contribution < -0.4 is 0 Å². The van der Waals surface area contributed by atoms with E-state index < -0.39 is 17.7 Å². The first-order valence-electron chi connectivity index (χ1n) is 15.9. The minimum absolute atomic E-state index is 0.407. The Labute approximate surface area is 277 Å². The Balaban J connectivity index is 1.33. The van der Waals surface area contributed by atoms with Crippen LogP contribution in [0.2, 0.25) is 5.02 Å². The van der Waals surface area contributed by atoms with Crippen molar-refractivity contribution in [2.45, 2.75) is 64.2 Å². The molecule has 7 rings (SSSR count). The number of aryl methyl sites for hydroxylation is 2. The van der Waals surface area contributed by atoms with Gasteiger partial charge in [-0.3, -0.25) is 9.58 Å². The molecule has 1 atom stereocenters. The average Bonchev–Trinajstić information content (AvgIpc) is 3.55. The number of ether oxygens (including phenoxy) is 2. The smallest absolute Gasteiger partial charge is 0.337 e. The number of benzene rings is 3. The van der Waals surface area contributed by atoms with Gasteiger partial charge in [0.1, 0.15) is 5.01 Å². The zero-order valence-electron chi connectivity index (χ0n) is 26.8. The van der Waals surface area contributed by atoms with Crippen LogP contribution in [-0.2, 0) is 21.3 Å². The van der Waals surface area contributed by atoms with Gasteiger partial charge in [-0.25, -0.2) is 9.78 Å². The van der Waals surface area contributed by atoms with Crippen molar-refractivity contribution in [3.05, 3.63) is 70.4 Å². The van der Waals surface area contributed by atoms with Crippen molar-refractivity contribution in [1.29, 1.82) is 0 Å². The van der Waals surface area contributed by atoms with Crippen LogP contribution in [0.15, 0.2) is 48.5 Å². The zero-order valence-corrected chi connectivity index (χ0v) is 28.4. The molecule has 2 fully saturated rings. The number of carboxylic acids is 1. The summed E-state index contributed by atoms with van der Waals surface area (Å²) in [5.74, 6) is -0.622.